The summed E-state index contributed by atoms with van der Waals surface area (Å²) in [5.74, 6) is 1.46. The maximum absolute atomic E-state index is 5.68. The molecule has 0 aliphatic rings. The number of alkyl halides is 1. The summed E-state index contributed by atoms with van der Waals surface area (Å²) in [5.41, 5.74) is 0.822. The second kappa shape index (κ2) is 3.75. The lowest BCUT2D eigenvalue weighted by atomic mass is 10.5. The molecular weight excluding hydrogens is 206 g/mol. The highest BCUT2D eigenvalue weighted by molar-refractivity contribution is 6.16. The zero-order valence-corrected chi connectivity index (χ0v) is 8.27. The van der Waals surface area contributed by atoms with E-state index in [-0.39, 0.29) is 0 Å². The average Bonchev–Trinajstić information content (AvgIpc) is 2.76. The van der Waals surface area contributed by atoms with E-state index in [1.165, 1.54) is 0 Å². The van der Waals surface area contributed by atoms with E-state index in [0.717, 1.165) is 5.69 Å². The molecule has 0 aromatic carbocycles. The molecule has 74 valence electrons. The smallest absolute Gasteiger partial charge is 0.248 e. The molecule has 6 nitrogen and oxygen atoms in total. The van der Waals surface area contributed by atoms with Crippen molar-refractivity contribution in [1.82, 2.24) is 25.1 Å². The SMILES string of the molecule is Cc1noc(Cn2nncc2CCl)n1. The molecule has 0 bridgehead atoms. The zero-order valence-electron chi connectivity index (χ0n) is 7.51. The maximum atomic E-state index is 5.68. The summed E-state index contributed by atoms with van der Waals surface area (Å²) in [6.45, 7) is 2.17. The average molecular weight is 214 g/mol. The number of halogens is 1. The number of rotatable bonds is 3. The number of hydrogen-bond donors (Lipinski definition) is 0. The van der Waals surface area contributed by atoms with Crippen LogP contribution in [0.3, 0.4) is 0 Å². The monoisotopic (exact) mass is 213 g/mol. The normalized spacial score (nSPS) is 10.7. The van der Waals surface area contributed by atoms with Gasteiger partial charge in [0.2, 0.25) is 5.89 Å². The van der Waals surface area contributed by atoms with Crippen LogP contribution in [0.15, 0.2) is 10.7 Å². The molecule has 2 rings (SSSR count). The Labute approximate surface area is 84.9 Å². The van der Waals surface area contributed by atoms with Crippen LogP contribution in [0.5, 0.6) is 0 Å². The molecule has 0 N–H and O–H groups in total. The van der Waals surface area contributed by atoms with Crippen molar-refractivity contribution < 1.29 is 4.52 Å². The minimum absolute atomic E-state index is 0.361. The third kappa shape index (κ3) is 1.74. The van der Waals surface area contributed by atoms with Crippen LogP contribution in [-0.2, 0) is 12.4 Å². The van der Waals surface area contributed by atoms with E-state index in [0.29, 0.717) is 24.1 Å². The molecule has 2 aromatic heterocycles. The molecule has 0 saturated carbocycles. The molecule has 0 radical (unpaired) electrons. The third-order valence-corrected chi connectivity index (χ3v) is 1.96. The Balaban J connectivity index is 2.18. The van der Waals surface area contributed by atoms with Gasteiger partial charge >= 0.3 is 0 Å². The highest BCUT2D eigenvalue weighted by atomic mass is 35.5. The first-order chi connectivity index (χ1) is 6.79. The summed E-state index contributed by atoms with van der Waals surface area (Å²) >= 11 is 5.68. The van der Waals surface area contributed by atoms with Gasteiger partial charge < -0.3 is 4.52 Å². The first-order valence-electron chi connectivity index (χ1n) is 4.02. The van der Waals surface area contributed by atoms with Gasteiger partial charge in [0.25, 0.3) is 0 Å². The minimum atomic E-state index is 0.361. The largest absolute Gasteiger partial charge is 0.337 e. The van der Waals surface area contributed by atoms with Gasteiger partial charge in [-0.3, -0.25) is 0 Å². The first kappa shape index (κ1) is 9.14. The Morgan fingerprint density at radius 2 is 2.43 bits per heavy atom. The fraction of sp³-hybridized carbons (Fsp3) is 0.429. The lowest BCUT2D eigenvalue weighted by Gasteiger charge is -1.98. The Kier molecular flexibility index (Phi) is 2.45. The summed E-state index contributed by atoms with van der Waals surface area (Å²) in [5, 5.41) is 11.3. The van der Waals surface area contributed by atoms with Crippen molar-refractivity contribution in [1.29, 1.82) is 0 Å². The predicted octanol–water partition coefficient (Wildman–Crippen LogP) is 0.757. The van der Waals surface area contributed by atoms with E-state index in [1.807, 2.05) is 0 Å². The molecule has 0 fully saturated rings. The summed E-state index contributed by atoms with van der Waals surface area (Å²) in [7, 11) is 0. The van der Waals surface area contributed by atoms with E-state index in [1.54, 1.807) is 17.8 Å². The molecule has 0 aliphatic heterocycles. The van der Waals surface area contributed by atoms with Gasteiger partial charge in [-0.25, -0.2) is 4.68 Å². The van der Waals surface area contributed by atoms with Gasteiger partial charge in [-0.1, -0.05) is 10.4 Å². The second-order valence-electron chi connectivity index (χ2n) is 2.75. The molecule has 0 amide bonds. The van der Waals surface area contributed by atoms with Crippen LogP contribution < -0.4 is 0 Å². The van der Waals surface area contributed by atoms with E-state index < -0.39 is 0 Å². The van der Waals surface area contributed by atoms with Crippen LogP contribution in [0.1, 0.15) is 17.4 Å². The van der Waals surface area contributed by atoms with Crippen molar-refractivity contribution in [3.63, 3.8) is 0 Å². The van der Waals surface area contributed by atoms with Crippen molar-refractivity contribution in [3.8, 4) is 0 Å². The molecule has 0 saturated heterocycles. The second-order valence-corrected chi connectivity index (χ2v) is 3.02. The van der Waals surface area contributed by atoms with Gasteiger partial charge in [0.05, 0.1) is 17.8 Å². The van der Waals surface area contributed by atoms with Crippen molar-refractivity contribution in [2.45, 2.75) is 19.3 Å². The molecule has 0 aliphatic carbocycles. The fourth-order valence-electron chi connectivity index (χ4n) is 1.05. The van der Waals surface area contributed by atoms with Gasteiger partial charge in [-0.2, -0.15) is 4.98 Å². The highest BCUT2D eigenvalue weighted by Crippen LogP contribution is 2.04. The quantitative estimate of drug-likeness (QED) is 0.704. The number of nitrogens with zero attached hydrogens (tertiary/aromatic N) is 5. The summed E-state index contributed by atoms with van der Waals surface area (Å²) in [6, 6.07) is 0. The Morgan fingerprint density at radius 1 is 1.57 bits per heavy atom. The van der Waals surface area contributed by atoms with Gasteiger partial charge in [-0.05, 0) is 6.92 Å². The number of aryl methyl sites for hydroxylation is 1. The van der Waals surface area contributed by atoms with E-state index >= 15 is 0 Å². The van der Waals surface area contributed by atoms with Gasteiger partial charge in [0.15, 0.2) is 5.82 Å². The third-order valence-electron chi connectivity index (χ3n) is 1.69. The number of aromatic nitrogens is 5. The van der Waals surface area contributed by atoms with Crippen LogP contribution in [-0.4, -0.2) is 25.1 Å². The lowest BCUT2D eigenvalue weighted by Crippen LogP contribution is -2.05. The summed E-state index contributed by atoms with van der Waals surface area (Å²) in [6.07, 6.45) is 1.61. The zero-order chi connectivity index (χ0) is 9.97. The molecule has 2 aromatic rings. The van der Waals surface area contributed by atoms with Crippen LogP contribution in [0, 0.1) is 6.92 Å². The molecule has 2 heterocycles. The molecule has 14 heavy (non-hydrogen) atoms. The predicted molar refractivity (Wildman–Crippen MR) is 47.7 cm³/mol. The van der Waals surface area contributed by atoms with Crippen LogP contribution in [0.25, 0.3) is 0 Å². The fourth-order valence-corrected chi connectivity index (χ4v) is 1.25. The molecule has 7 heteroatoms. The van der Waals surface area contributed by atoms with E-state index in [9.17, 15) is 0 Å². The van der Waals surface area contributed by atoms with Crippen LogP contribution in [0.4, 0.5) is 0 Å². The van der Waals surface area contributed by atoms with Crippen molar-refractivity contribution in [2.75, 3.05) is 0 Å². The summed E-state index contributed by atoms with van der Waals surface area (Å²) in [4.78, 5) is 4.05. The standard InChI is InChI=1S/C7H8ClN5O/c1-5-10-7(14-11-5)4-13-6(2-8)3-9-12-13/h3H,2,4H2,1H3. The first-order valence-corrected chi connectivity index (χ1v) is 4.55. The highest BCUT2D eigenvalue weighted by Gasteiger charge is 2.07. The molecular formula is C7H8ClN5O. The molecule has 0 unspecified atom stereocenters. The van der Waals surface area contributed by atoms with Gasteiger partial charge in [0, 0.05) is 0 Å². The molecule has 0 atom stereocenters. The lowest BCUT2D eigenvalue weighted by molar-refractivity contribution is 0.360. The van der Waals surface area contributed by atoms with E-state index in [2.05, 4.69) is 20.5 Å². The number of hydrogen-bond acceptors (Lipinski definition) is 5. The Hall–Kier alpha value is -1.43. The van der Waals surface area contributed by atoms with Gasteiger partial charge in [-0.15, -0.1) is 16.7 Å². The minimum Gasteiger partial charge on any atom is -0.337 e. The Morgan fingerprint density at radius 3 is 3.07 bits per heavy atom. The molecule has 0 spiro atoms. The Bertz CT molecular complexity index is 423. The van der Waals surface area contributed by atoms with Crippen molar-refractivity contribution in [3.05, 3.63) is 23.6 Å². The van der Waals surface area contributed by atoms with Crippen LogP contribution >= 0.6 is 11.6 Å². The maximum Gasteiger partial charge on any atom is 0.248 e. The van der Waals surface area contributed by atoms with Crippen molar-refractivity contribution >= 4 is 11.6 Å². The topological polar surface area (TPSA) is 69.6 Å². The van der Waals surface area contributed by atoms with E-state index in [4.69, 9.17) is 16.1 Å². The van der Waals surface area contributed by atoms with Crippen molar-refractivity contribution in [2.24, 2.45) is 0 Å². The van der Waals surface area contributed by atoms with Crippen LogP contribution in [0.2, 0.25) is 0 Å². The summed E-state index contributed by atoms with van der Waals surface area (Å²) < 4.78 is 6.57. The van der Waals surface area contributed by atoms with Gasteiger partial charge in [0.1, 0.15) is 6.54 Å².